The summed E-state index contributed by atoms with van der Waals surface area (Å²) in [7, 11) is 0. The molecule has 0 radical (unpaired) electrons. The minimum absolute atomic E-state index is 0.160. The highest BCUT2D eigenvalue weighted by Gasteiger charge is 2.22. The summed E-state index contributed by atoms with van der Waals surface area (Å²) in [6, 6.07) is 14.3. The molecule has 46 heavy (non-hydrogen) atoms. The summed E-state index contributed by atoms with van der Waals surface area (Å²) in [5.41, 5.74) is 0.486. The molecular formula is C32H28Br6O8. The lowest BCUT2D eigenvalue weighted by molar-refractivity contribution is -0.161. The first-order chi connectivity index (χ1) is 21.7. The summed E-state index contributed by atoms with van der Waals surface area (Å²) < 4.78 is 39.3. The predicted molar refractivity (Wildman–Crippen MR) is 196 cm³/mol. The second-order valence-electron chi connectivity index (χ2n) is 9.61. The van der Waals surface area contributed by atoms with E-state index in [4.69, 9.17) is 28.4 Å². The van der Waals surface area contributed by atoms with Crippen LogP contribution in [-0.4, -0.2) is 37.7 Å². The predicted octanol–water partition coefficient (Wildman–Crippen LogP) is 10.8. The summed E-state index contributed by atoms with van der Waals surface area (Å²) in [6.07, 6.45) is -1.48. The summed E-state index contributed by atoms with van der Waals surface area (Å²) in [6.45, 7) is 10.7. The molecule has 0 fully saturated rings. The van der Waals surface area contributed by atoms with Crippen LogP contribution in [0.1, 0.15) is 26.7 Å². The van der Waals surface area contributed by atoms with Crippen LogP contribution in [0.4, 0.5) is 0 Å². The summed E-state index contributed by atoms with van der Waals surface area (Å²) >= 11 is 20.8. The molecular weight excluding hydrogens is 992 g/mol. The second-order valence-corrected chi connectivity index (χ2v) is 14.9. The highest BCUT2D eigenvalue weighted by molar-refractivity contribution is 9.12. The molecule has 0 spiro atoms. The molecule has 0 aliphatic rings. The molecule has 3 aromatic carbocycles. The molecule has 2 unspecified atom stereocenters. The van der Waals surface area contributed by atoms with Crippen molar-refractivity contribution in [1.29, 1.82) is 0 Å². The van der Waals surface area contributed by atoms with Gasteiger partial charge in [0.2, 0.25) is 12.6 Å². The molecule has 246 valence electrons. The third-order valence-electron chi connectivity index (χ3n) is 5.65. The quantitative estimate of drug-likeness (QED) is 0.0796. The number of benzene rings is 3. The van der Waals surface area contributed by atoms with Crippen molar-refractivity contribution >= 4 is 108 Å². The Morgan fingerprint density at radius 1 is 0.630 bits per heavy atom. The molecule has 0 bridgehead atoms. The first kappa shape index (κ1) is 38.6. The van der Waals surface area contributed by atoms with Crippen LogP contribution < -0.4 is 18.9 Å². The van der Waals surface area contributed by atoms with Gasteiger partial charge in [-0.25, -0.2) is 9.59 Å². The topological polar surface area (TPSA) is 89.5 Å². The van der Waals surface area contributed by atoms with E-state index in [0.717, 1.165) is 8.95 Å². The molecule has 0 amide bonds. The van der Waals surface area contributed by atoms with E-state index in [2.05, 4.69) is 109 Å². The molecule has 14 heteroatoms. The molecule has 3 rings (SSSR count). The Kier molecular flexibility index (Phi) is 15.6. The maximum absolute atomic E-state index is 12.3. The Hall–Kier alpha value is -1.84. The number of esters is 2. The SMILES string of the molecule is C=C(C)C(=O)OC(CCOc1cccc(OCCC(OC(=O)C(=C)C)Oc2c(Br)cc(Br)cc2Br)c1)Oc1c(Br)cc(Br)cc1Br. The van der Waals surface area contributed by atoms with Crippen LogP contribution in [0.3, 0.4) is 0 Å². The minimum atomic E-state index is -0.956. The number of halogens is 6. The molecule has 0 N–H and O–H groups in total. The van der Waals surface area contributed by atoms with Crippen molar-refractivity contribution in [1.82, 2.24) is 0 Å². The van der Waals surface area contributed by atoms with Gasteiger partial charge in [0.05, 0.1) is 43.9 Å². The van der Waals surface area contributed by atoms with E-state index in [-0.39, 0.29) is 37.2 Å². The van der Waals surface area contributed by atoms with Crippen LogP contribution in [0.25, 0.3) is 0 Å². The number of carbonyl (C=O) groups excluding carboxylic acids is 2. The van der Waals surface area contributed by atoms with Crippen molar-refractivity contribution in [2.75, 3.05) is 13.2 Å². The number of ether oxygens (including phenoxy) is 6. The third kappa shape index (κ3) is 12.3. The van der Waals surface area contributed by atoms with Crippen molar-refractivity contribution < 1.29 is 38.0 Å². The van der Waals surface area contributed by atoms with Crippen molar-refractivity contribution in [3.63, 3.8) is 0 Å². The van der Waals surface area contributed by atoms with Crippen LogP contribution in [0, 0.1) is 0 Å². The molecule has 3 aromatic rings. The van der Waals surface area contributed by atoms with Crippen LogP contribution in [0.15, 0.2) is 99.7 Å². The maximum atomic E-state index is 12.3. The van der Waals surface area contributed by atoms with E-state index >= 15 is 0 Å². The molecule has 0 saturated carbocycles. The van der Waals surface area contributed by atoms with Gasteiger partial charge in [-0.15, -0.1) is 0 Å². The van der Waals surface area contributed by atoms with E-state index in [1.807, 2.05) is 24.3 Å². The van der Waals surface area contributed by atoms with E-state index in [0.29, 0.717) is 40.9 Å². The third-order valence-corrected chi connectivity index (χ3v) is 8.92. The summed E-state index contributed by atoms with van der Waals surface area (Å²) in [5, 5.41) is 0. The van der Waals surface area contributed by atoms with Crippen LogP contribution in [0.5, 0.6) is 23.0 Å². The van der Waals surface area contributed by atoms with Crippen molar-refractivity contribution in [3.05, 3.63) is 99.7 Å². The van der Waals surface area contributed by atoms with Gasteiger partial charge in [-0.3, -0.25) is 0 Å². The Balaban J connectivity index is 1.62. The van der Waals surface area contributed by atoms with Crippen LogP contribution in [-0.2, 0) is 19.1 Å². The second kappa shape index (κ2) is 18.6. The lowest BCUT2D eigenvalue weighted by Crippen LogP contribution is -2.27. The number of hydrogen-bond donors (Lipinski definition) is 0. The smallest absolute Gasteiger partial charge is 0.336 e. The van der Waals surface area contributed by atoms with Crippen molar-refractivity contribution in [2.24, 2.45) is 0 Å². The zero-order valence-corrected chi connectivity index (χ0v) is 34.1. The lowest BCUT2D eigenvalue weighted by Gasteiger charge is -2.22. The van der Waals surface area contributed by atoms with E-state index in [1.54, 1.807) is 38.1 Å². The van der Waals surface area contributed by atoms with Gasteiger partial charge in [0, 0.05) is 26.2 Å². The largest absolute Gasteiger partial charge is 0.493 e. The van der Waals surface area contributed by atoms with Gasteiger partial charge in [0.15, 0.2) is 11.5 Å². The van der Waals surface area contributed by atoms with Crippen molar-refractivity contribution in [2.45, 2.75) is 39.3 Å². The van der Waals surface area contributed by atoms with Gasteiger partial charge >= 0.3 is 11.9 Å². The van der Waals surface area contributed by atoms with Gasteiger partial charge in [-0.05, 0) is 114 Å². The molecule has 0 aromatic heterocycles. The standard InChI is InChI=1S/C32H28Br6O8/c1-17(2)31(39)45-27(43-29-23(35)12-19(33)13-24(29)36)8-10-41-21-6-5-7-22(16-21)42-11-9-28(46-32(40)18(3)4)44-30-25(37)14-20(34)15-26(30)38/h5-7,12-16,27-28H,1,3,8-11H2,2,4H3. The van der Waals surface area contributed by atoms with Gasteiger partial charge < -0.3 is 28.4 Å². The normalized spacial score (nSPS) is 12.0. The van der Waals surface area contributed by atoms with Gasteiger partial charge in [0.1, 0.15) is 11.5 Å². The number of hydrogen-bond acceptors (Lipinski definition) is 8. The molecule has 0 aliphatic heterocycles. The first-order valence-electron chi connectivity index (χ1n) is 13.4. The van der Waals surface area contributed by atoms with Crippen LogP contribution in [0.2, 0.25) is 0 Å². The number of rotatable bonds is 16. The fraction of sp³-hybridized carbons (Fsp3) is 0.250. The van der Waals surface area contributed by atoms with Crippen LogP contribution >= 0.6 is 95.6 Å². The highest BCUT2D eigenvalue weighted by Crippen LogP contribution is 2.38. The van der Waals surface area contributed by atoms with Gasteiger partial charge in [-0.2, -0.15) is 0 Å². The monoisotopic (exact) mass is 1010 g/mol. The lowest BCUT2D eigenvalue weighted by atomic mass is 10.3. The number of carbonyl (C=O) groups is 2. The van der Waals surface area contributed by atoms with E-state index < -0.39 is 24.5 Å². The average molecular weight is 1020 g/mol. The van der Waals surface area contributed by atoms with E-state index in [9.17, 15) is 9.59 Å². The maximum Gasteiger partial charge on any atom is 0.336 e. The molecule has 8 nitrogen and oxygen atoms in total. The molecule has 0 aliphatic carbocycles. The fourth-order valence-corrected chi connectivity index (χ4v) is 8.36. The fourth-order valence-electron chi connectivity index (χ4n) is 3.47. The molecule has 2 atom stereocenters. The molecule has 0 saturated heterocycles. The summed E-state index contributed by atoms with van der Waals surface area (Å²) in [5.74, 6) is 0.820. The zero-order chi connectivity index (χ0) is 34.0. The van der Waals surface area contributed by atoms with Gasteiger partial charge in [-0.1, -0.05) is 51.1 Å². The van der Waals surface area contributed by atoms with Gasteiger partial charge in [0.25, 0.3) is 0 Å². The Morgan fingerprint density at radius 3 is 1.30 bits per heavy atom. The minimum Gasteiger partial charge on any atom is -0.493 e. The van der Waals surface area contributed by atoms with Crippen molar-refractivity contribution in [3.8, 4) is 23.0 Å². The Morgan fingerprint density at radius 2 is 0.978 bits per heavy atom. The van der Waals surface area contributed by atoms with E-state index in [1.165, 1.54) is 0 Å². The average Bonchev–Trinajstić information content (AvgIpc) is 2.96. The Bertz CT molecular complexity index is 1440. The first-order valence-corrected chi connectivity index (χ1v) is 18.2. The zero-order valence-electron chi connectivity index (χ0n) is 24.5. The summed E-state index contributed by atoms with van der Waals surface area (Å²) in [4.78, 5) is 24.6. The Labute approximate surface area is 317 Å². The molecule has 0 heterocycles. The highest BCUT2D eigenvalue weighted by atomic mass is 79.9.